The van der Waals surface area contributed by atoms with E-state index in [1.54, 1.807) is 13.1 Å². The van der Waals surface area contributed by atoms with Crippen LogP contribution in [0.1, 0.15) is 39.2 Å². The van der Waals surface area contributed by atoms with Crippen LogP contribution in [-0.4, -0.2) is 31.9 Å². The zero-order valence-electron chi connectivity index (χ0n) is 12.7. The number of hydrogen-bond acceptors (Lipinski definition) is 3. The third-order valence-electron chi connectivity index (χ3n) is 4.41. The summed E-state index contributed by atoms with van der Waals surface area (Å²) in [7, 11) is -1.78. The van der Waals surface area contributed by atoms with E-state index < -0.39 is 10.0 Å². The lowest BCUT2D eigenvalue weighted by Crippen LogP contribution is -2.44. The predicted molar refractivity (Wildman–Crippen MR) is 82.6 cm³/mol. The molecule has 1 N–H and O–H groups in total. The molecule has 0 unspecified atom stereocenters. The van der Waals surface area contributed by atoms with Crippen molar-refractivity contribution in [3.63, 3.8) is 0 Å². The van der Waals surface area contributed by atoms with Gasteiger partial charge in [0.1, 0.15) is 0 Å². The van der Waals surface area contributed by atoms with Crippen LogP contribution < -0.4 is 5.32 Å². The Labute approximate surface area is 122 Å². The van der Waals surface area contributed by atoms with Gasteiger partial charge < -0.3 is 5.32 Å². The lowest BCUT2D eigenvalue weighted by molar-refractivity contribution is 0.257. The normalized spacial score (nSPS) is 15.8. The van der Waals surface area contributed by atoms with Crippen LogP contribution in [0.25, 0.3) is 0 Å². The van der Waals surface area contributed by atoms with Gasteiger partial charge in [-0.15, -0.1) is 0 Å². The minimum Gasteiger partial charge on any atom is -0.385 e. The molecule has 0 saturated carbocycles. The van der Waals surface area contributed by atoms with Crippen molar-refractivity contribution >= 4 is 15.7 Å². The molecule has 1 heterocycles. The summed E-state index contributed by atoms with van der Waals surface area (Å²) in [5.74, 6) is 0. The molecule has 0 aromatic heterocycles. The van der Waals surface area contributed by atoms with E-state index >= 15 is 0 Å². The Morgan fingerprint density at radius 1 is 1.35 bits per heavy atom. The summed E-state index contributed by atoms with van der Waals surface area (Å²) in [6.07, 6.45) is 2.56. The highest BCUT2D eigenvalue weighted by Gasteiger charge is 2.34. The molecule has 20 heavy (non-hydrogen) atoms. The van der Waals surface area contributed by atoms with Gasteiger partial charge in [0, 0.05) is 24.8 Å². The Bertz CT molecular complexity index is 594. The van der Waals surface area contributed by atoms with Crippen LogP contribution in [-0.2, 0) is 16.4 Å². The van der Waals surface area contributed by atoms with Crippen molar-refractivity contribution in [2.45, 2.75) is 50.5 Å². The topological polar surface area (TPSA) is 49.4 Å². The second-order valence-electron chi connectivity index (χ2n) is 5.95. The van der Waals surface area contributed by atoms with Gasteiger partial charge in [-0.05, 0) is 50.8 Å². The molecule has 5 heteroatoms. The molecule has 0 spiro atoms. The maximum atomic E-state index is 12.9. The van der Waals surface area contributed by atoms with Gasteiger partial charge in [-0.1, -0.05) is 13.0 Å². The SMILES string of the molecule is CCC(C)(C)N(C)S(=O)(=O)c1cccc2c1CCCN2. The summed E-state index contributed by atoms with van der Waals surface area (Å²) in [6.45, 7) is 6.83. The van der Waals surface area contributed by atoms with E-state index in [2.05, 4.69) is 5.32 Å². The van der Waals surface area contributed by atoms with E-state index in [1.807, 2.05) is 32.9 Å². The zero-order chi connectivity index (χ0) is 15.0. The first-order valence-corrected chi connectivity index (χ1v) is 8.59. The lowest BCUT2D eigenvalue weighted by Gasteiger charge is -2.34. The number of nitrogens with one attached hydrogen (secondary N) is 1. The van der Waals surface area contributed by atoms with Gasteiger partial charge >= 0.3 is 0 Å². The van der Waals surface area contributed by atoms with Crippen molar-refractivity contribution in [1.29, 1.82) is 0 Å². The molecule has 112 valence electrons. The Morgan fingerprint density at radius 3 is 2.70 bits per heavy atom. The summed E-state index contributed by atoms with van der Waals surface area (Å²) in [5, 5.41) is 3.28. The summed E-state index contributed by atoms with van der Waals surface area (Å²) in [6, 6.07) is 5.50. The van der Waals surface area contributed by atoms with Crippen molar-refractivity contribution in [2.24, 2.45) is 0 Å². The van der Waals surface area contributed by atoms with Crippen LogP contribution in [0.3, 0.4) is 0 Å². The third-order valence-corrected chi connectivity index (χ3v) is 6.56. The van der Waals surface area contributed by atoms with Crippen molar-refractivity contribution in [2.75, 3.05) is 18.9 Å². The van der Waals surface area contributed by atoms with Crippen LogP contribution in [0.15, 0.2) is 23.1 Å². The van der Waals surface area contributed by atoms with Crippen LogP contribution >= 0.6 is 0 Å². The largest absolute Gasteiger partial charge is 0.385 e. The van der Waals surface area contributed by atoms with Gasteiger partial charge in [0.2, 0.25) is 10.0 Å². The van der Waals surface area contributed by atoms with E-state index in [-0.39, 0.29) is 5.54 Å². The van der Waals surface area contributed by atoms with Crippen LogP contribution in [0.5, 0.6) is 0 Å². The number of anilines is 1. The molecule has 1 aromatic carbocycles. The fourth-order valence-electron chi connectivity index (χ4n) is 2.41. The minimum absolute atomic E-state index is 0.385. The highest BCUT2D eigenvalue weighted by atomic mass is 32.2. The second-order valence-corrected chi connectivity index (χ2v) is 7.89. The maximum absolute atomic E-state index is 12.9. The quantitative estimate of drug-likeness (QED) is 0.929. The number of fused-ring (bicyclic) bond motifs is 1. The van der Waals surface area contributed by atoms with Crippen molar-refractivity contribution in [3.05, 3.63) is 23.8 Å². The highest BCUT2D eigenvalue weighted by Crippen LogP contribution is 2.32. The van der Waals surface area contributed by atoms with Crippen LogP contribution in [0.4, 0.5) is 5.69 Å². The number of benzene rings is 1. The molecule has 0 amide bonds. The number of hydrogen-bond donors (Lipinski definition) is 1. The Morgan fingerprint density at radius 2 is 2.05 bits per heavy atom. The minimum atomic E-state index is -3.46. The zero-order valence-corrected chi connectivity index (χ0v) is 13.5. The summed E-state index contributed by atoms with van der Waals surface area (Å²) < 4.78 is 27.3. The molecular formula is C15H24N2O2S. The van der Waals surface area contributed by atoms with E-state index in [0.717, 1.165) is 37.1 Å². The molecule has 1 aromatic rings. The second kappa shape index (κ2) is 5.37. The number of sulfonamides is 1. The number of nitrogens with zero attached hydrogens (tertiary/aromatic N) is 1. The maximum Gasteiger partial charge on any atom is 0.243 e. The molecule has 1 aliphatic rings. The van der Waals surface area contributed by atoms with Crippen LogP contribution in [0.2, 0.25) is 0 Å². The van der Waals surface area contributed by atoms with Gasteiger partial charge in [0.05, 0.1) is 4.90 Å². The van der Waals surface area contributed by atoms with Gasteiger partial charge in [-0.25, -0.2) is 8.42 Å². The Hall–Kier alpha value is -1.07. The molecule has 0 atom stereocenters. The molecule has 0 radical (unpaired) electrons. The third kappa shape index (κ3) is 2.56. The summed E-state index contributed by atoms with van der Waals surface area (Å²) >= 11 is 0. The summed E-state index contributed by atoms with van der Waals surface area (Å²) in [5.41, 5.74) is 1.50. The lowest BCUT2D eigenvalue weighted by atomic mass is 10.0. The fourth-order valence-corrected chi connectivity index (χ4v) is 4.26. The molecule has 0 saturated heterocycles. The van der Waals surface area contributed by atoms with Gasteiger partial charge in [-0.3, -0.25) is 0 Å². The molecular weight excluding hydrogens is 272 g/mol. The standard InChI is InChI=1S/C15H24N2O2S/c1-5-15(2,3)17(4)20(18,19)14-10-6-9-13-12(14)8-7-11-16-13/h6,9-10,16H,5,7-8,11H2,1-4H3. The Balaban J connectivity index is 2.50. The summed E-state index contributed by atoms with van der Waals surface area (Å²) in [4.78, 5) is 0.450. The smallest absolute Gasteiger partial charge is 0.243 e. The van der Waals surface area contributed by atoms with Crippen LogP contribution in [0, 0.1) is 0 Å². The highest BCUT2D eigenvalue weighted by molar-refractivity contribution is 7.89. The molecule has 4 nitrogen and oxygen atoms in total. The fraction of sp³-hybridized carbons (Fsp3) is 0.600. The average molecular weight is 296 g/mol. The first-order valence-electron chi connectivity index (χ1n) is 7.15. The monoisotopic (exact) mass is 296 g/mol. The van der Waals surface area contributed by atoms with Crippen molar-refractivity contribution in [1.82, 2.24) is 4.31 Å². The van der Waals surface area contributed by atoms with Gasteiger partial charge in [0.15, 0.2) is 0 Å². The van der Waals surface area contributed by atoms with E-state index in [1.165, 1.54) is 4.31 Å². The predicted octanol–water partition coefficient (Wildman–Crippen LogP) is 2.85. The number of rotatable bonds is 4. The van der Waals surface area contributed by atoms with Gasteiger partial charge in [0.25, 0.3) is 0 Å². The first-order chi connectivity index (χ1) is 9.30. The van der Waals surface area contributed by atoms with Gasteiger partial charge in [-0.2, -0.15) is 4.31 Å². The molecule has 0 fully saturated rings. The molecule has 2 rings (SSSR count). The molecule has 1 aliphatic heterocycles. The molecule has 0 aliphatic carbocycles. The van der Waals surface area contributed by atoms with Crippen molar-refractivity contribution < 1.29 is 8.42 Å². The molecule has 0 bridgehead atoms. The van der Waals surface area contributed by atoms with E-state index in [0.29, 0.717) is 4.90 Å². The average Bonchev–Trinajstić information content (AvgIpc) is 2.45. The van der Waals surface area contributed by atoms with E-state index in [4.69, 9.17) is 0 Å². The van der Waals surface area contributed by atoms with Crippen molar-refractivity contribution in [3.8, 4) is 0 Å². The first kappa shape index (κ1) is 15.3. The van der Waals surface area contributed by atoms with E-state index in [9.17, 15) is 8.42 Å². The Kier molecular flexibility index (Phi) is 4.12.